The topological polar surface area (TPSA) is 61.2 Å². The Balaban J connectivity index is 2.96. The first kappa shape index (κ1) is 10.2. The van der Waals surface area contributed by atoms with Gasteiger partial charge in [0.1, 0.15) is 0 Å². The van der Waals surface area contributed by atoms with Crippen LogP contribution < -0.4 is 0 Å². The highest BCUT2D eigenvalue weighted by atomic mass is 16.5. The molecule has 0 aromatic heterocycles. The van der Waals surface area contributed by atoms with E-state index in [4.69, 9.17) is 10.3 Å². The molecule has 0 amide bonds. The highest BCUT2D eigenvalue weighted by molar-refractivity contribution is 4.45. The molecule has 0 unspecified atom stereocenters. The first-order chi connectivity index (χ1) is 5.27. The fourth-order valence-electron chi connectivity index (χ4n) is 0.499. The summed E-state index contributed by atoms with van der Waals surface area (Å²) >= 11 is 0. The molecule has 5 nitrogen and oxygen atoms in total. The fraction of sp³-hybridized carbons (Fsp3) is 1.00. The van der Waals surface area contributed by atoms with Crippen molar-refractivity contribution in [2.75, 3.05) is 40.4 Å². The van der Waals surface area contributed by atoms with Gasteiger partial charge < -0.3 is 9.64 Å². The summed E-state index contributed by atoms with van der Waals surface area (Å²) in [5, 5.41) is 3.33. The lowest BCUT2D eigenvalue weighted by Gasteiger charge is -2.08. The van der Waals surface area contributed by atoms with E-state index in [9.17, 15) is 0 Å². The molecule has 11 heavy (non-hydrogen) atoms. The summed E-state index contributed by atoms with van der Waals surface area (Å²) in [6.45, 7) is 2.52. The monoisotopic (exact) mass is 158 g/mol. The van der Waals surface area contributed by atoms with Crippen LogP contribution in [0.4, 0.5) is 0 Å². The molecule has 0 radical (unpaired) electrons. The van der Waals surface area contributed by atoms with Gasteiger partial charge in [-0.3, -0.25) is 0 Å². The zero-order chi connectivity index (χ0) is 8.53. The van der Waals surface area contributed by atoms with Crippen molar-refractivity contribution in [3.8, 4) is 0 Å². The molecular formula is C6H14N4O. The van der Waals surface area contributed by atoms with Gasteiger partial charge in [0.2, 0.25) is 0 Å². The van der Waals surface area contributed by atoms with Crippen LogP contribution in [0, 0.1) is 0 Å². The highest BCUT2D eigenvalue weighted by Gasteiger charge is 1.88. The highest BCUT2D eigenvalue weighted by Crippen LogP contribution is 1.79. The molecule has 0 aliphatic rings. The van der Waals surface area contributed by atoms with Gasteiger partial charge in [-0.2, -0.15) is 0 Å². The minimum atomic E-state index is 0.421. The first-order valence-corrected chi connectivity index (χ1v) is 3.50. The van der Waals surface area contributed by atoms with Crippen LogP contribution in [0.3, 0.4) is 0 Å². The molecule has 0 rings (SSSR count). The van der Waals surface area contributed by atoms with E-state index in [0.717, 1.165) is 6.54 Å². The SMILES string of the molecule is CN(C)CCOCCN=[N+]=[N-]. The van der Waals surface area contributed by atoms with E-state index in [-0.39, 0.29) is 0 Å². The van der Waals surface area contributed by atoms with Crippen LogP contribution in [0.25, 0.3) is 10.4 Å². The Kier molecular flexibility index (Phi) is 6.82. The van der Waals surface area contributed by atoms with Crippen molar-refractivity contribution in [3.05, 3.63) is 10.4 Å². The lowest BCUT2D eigenvalue weighted by atomic mass is 10.6. The number of azide groups is 1. The maximum atomic E-state index is 7.91. The van der Waals surface area contributed by atoms with Crippen molar-refractivity contribution in [2.24, 2.45) is 5.11 Å². The third-order valence-electron chi connectivity index (χ3n) is 1.08. The quantitative estimate of drug-likeness (QED) is 0.249. The maximum Gasteiger partial charge on any atom is 0.0593 e. The average Bonchev–Trinajstić information content (AvgIpc) is 1.96. The maximum absolute atomic E-state index is 7.91. The minimum absolute atomic E-state index is 0.421. The average molecular weight is 158 g/mol. The molecule has 0 aliphatic heterocycles. The summed E-state index contributed by atoms with van der Waals surface area (Å²) in [5.41, 5.74) is 7.91. The van der Waals surface area contributed by atoms with Gasteiger partial charge in [0.05, 0.1) is 13.2 Å². The van der Waals surface area contributed by atoms with Crippen LogP contribution >= 0.6 is 0 Å². The van der Waals surface area contributed by atoms with Crippen molar-refractivity contribution in [1.29, 1.82) is 0 Å². The van der Waals surface area contributed by atoms with Crippen LogP contribution in [0.1, 0.15) is 0 Å². The fourth-order valence-corrected chi connectivity index (χ4v) is 0.499. The van der Waals surface area contributed by atoms with E-state index in [2.05, 4.69) is 10.0 Å². The number of rotatable bonds is 6. The Bertz CT molecular complexity index is 131. The van der Waals surface area contributed by atoms with Crippen molar-refractivity contribution < 1.29 is 4.74 Å². The smallest absolute Gasteiger partial charge is 0.0593 e. The summed E-state index contributed by atoms with van der Waals surface area (Å²) in [6, 6.07) is 0. The molecule has 0 fully saturated rings. The first-order valence-electron chi connectivity index (χ1n) is 3.50. The molecular weight excluding hydrogens is 144 g/mol. The molecule has 0 aliphatic carbocycles. The van der Waals surface area contributed by atoms with Gasteiger partial charge in [-0.1, -0.05) is 5.11 Å². The second-order valence-electron chi connectivity index (χ2n) is 2.37. The summed E-state index contributed by atoms with van der Waals surface area (Å²) in [7, 11) is 3.97. The summed E-state index contributed by atoms with van der Waals surface area (Å²) in [4.78, 5) is 4.64. The summed E-state index contributed by atoms with van der Waals surface area (Å²) in [5.74, 6) is 0. The Morgan fingerprint density at radius 1 is 1.45 bits per heavy atom. The van der Waals surface area contributed by atoms with Gasteiger partial charge in [0.15, 0.2) is 0 Å². The second-order valence-corrected chi connectivity index (χ2v) is 2.37. The van der Waals surface area contributed by atoms with E-state index < -0.39 is 0 Å². The van der Waals surface area contributed by atoms with Crippen molar-refractivity contribution in [2.45, 2.75) is 0 Å². The lowest BCUT2D eigenvalue weighted by Crippen LogP contribution is -2.18. The second kappa shape index (κ2) is 7.34. The standard InChI is InChI=1S/C6H14N4O/c1-10(2)4-6-11-5-3-8-9-7/h3-6H2,1-2H3. The molecule has 5 heteroatoms. The molecule has 64 valence electrons. The van der Waals surface area contributed by atoms with Crippen LogP contribution in [0.2, 0.25) is 0 Å². The van der Waals surface area contributed by atoms with Gasteiger partial charge in [-0.25, -0.2) is 0 Å². The predicted octanol–water partition coefficient (Wildman–Crippen LogP) is 0.875. The van der Waals surface area contributed by atoms with E-state index in [1.165, 1.54) is 0 Å². The number of likely N-dealkylation sites (N-methyl/N-ethyl adjacent to an activating group) is 1. The Morgan fingerprint density at radius 3 is 2.73 bits per heavy atom. The Morgan fingerprint density at radius 2 is 2.18 bits per heavy atom. The molecule has 0 aromatic rings. The molecule has 0 heterocycles. The molecule has 0 N–H and O–H groups in total. The number of ether oxygens (including phenoxy) is 1. The normalized spacial score (nSPS) is 9.73. The number of hydrogen-bond donors (Lipinski definition) is 0. The van der Waals surface area contributed by atoms with Crippen LogP contribution in [-0.4, -0.2) is 45.3 Å². The van der Waals surface area contributed by atoms with Gasteiger partial charge in [0, 0.05) is 18.0 Å². The third-order valence-corrected chi connectivity index (χ3v) is 1.08. The van der Waals surface area contributed by atoms with Gasteiger partial charge in [-0.15, -0.1) is 0 Å². The van der Waals surface area contributed by atoms with E-state index in [1.807, 2.05) is 19.0 Å². The predicted molar refractivity (Wildman–Crippen MR) is 43.4 cm³/mol. The molecule has 0 spiro atoms. The zero-order valence-corrected chi connectivity index (χ0v) is 7.03. The van der Waals surface area contributed by atoms with Crippen LogP contribution in [-0.2, 0) is 4.74 Å². The summed E-state index contributed by atoms with van der Waals surface area (Å²) < 4.78 is 5.14. The number of hydrogen-bond acceptors (Lipinski definition) is 3. The largest absolute Gasteiger partial charge is 0.380 e. The van der Waals surface area contributed by atoms with E-state index in [1.54, 1.807) is 0 Å². The Hall–Kier alpha value is -0.770. The lowest BCUT2D eigenvalue weighted by molar-refractivity contribution is 0.124. The van der Waals surface area contributed by atoms with Gasteiger partial charge in [0.25, 0.3) is 0 Å². The molecule has 0 aromatic carbocycles. The van der Waals surface area contributed by atoms with E-state index >= 15 is 0 Å². The summed E-state index contributed by atoms with van der Waals surface area (Å²) in [6.07, 6.45) is 0. The number of nitrogens with zero attached hydrogens (tertiary/aromatic N) is 4. The van der Waals surface area contributed by atoms with Crippen molar-refractivity contribution in [1.82, 2.24) is 4.90 Å². The zero-order valence-electron chi connectivity index (χ0n) is 7.03. The van der Waals surface area contributed by atoms with E-state index in [0.29, 0.717) is 19.8 Å². The van der Waals surface area contributed by atoms with Crippen LogP contribution in [0.5, 0.6) is 0 Å². The molecule has 0 saturated heterocycles. The van der Waals surface area contributed by atoms with Crippen LogP contribution in [0.15, 0.2) is 5.11 Å². The Labute approximate surface area is 66.6 Å². The van der Waals surface area contributed by atoms with Gasteiger partial charge >= 0.3 is 0 Å². The van der Waals surface area contributed by atoms with Crippen molar-refractivity contribution in [3.63, 3.8) is 0 Å². The van der Waals surface area contributed by atoms with Crippen molar-refractivity contribution >= 4 is 0 Å². The molecule has 0 bridgehead atoms. The molecule has 0 saturated carbocycles. The third kappa shape index (κ3) is 9.23. The van der Waals surface area contributed by atoms with Gasteiger partial charge in [-0.05, 0) is 19.6 Å². The molecule has 0 atom stereocenters. The minimum Gasteiger partial charge on any atom is -0.380 e.